The van der Waals surface area contributed by atoms with Crippen molar-refractivity contribution in [2.45, 2.75) is 6.18 Å². The molecule has 0 aliphatic carbocycles. The van der Waals surface area contributed by atoms with Crippen molar-refractivity contribution < 1.29 is 23.1 Å². The van der Waals surface area contributed by atoms with Crippen LogP contribution in [-0.2, 0) is 0 Å². The van der Waals surface area contributed by atoms with Gasteiger partial charge >= 0.3 is 6.18 Å². The van der Waals surface area contributed by atoms with Gasteiger partial charge in [0.2, 0.25) is 0 Å². The van der Waals surface area contributed by atoms with Gasteiger partial charge in [0, 0.05) is 5.56 Å². The second-order valence-corrected chi connectivity index (χ2v) is 2.68. The van der Waals surface area contributed by atoms with Crippen LogP contribution in [0.4, 0.5) is 13.2 Å². The zero-order valence-corrected chi connectivity index (χ0v) is 7.75. The summed E-state index contributed by atoms with van der Waals surface area (Å²) in [6.45, 7) is 0. The summed E-state index contributed by atoms with van der Waals surface area (Å²) in [6.07, 6.45) is -4.69. The minimum absolute atomic E-state index is 0.246. The minimum Gasteiger partial charge on any atom is -0.497 e. The fraction of sp³-hybridized carbons (Fsp3) is 0.222. The number of oxime groups is 1. The van der Waals surface area contributed by atoms with Crippen molar-refractivity contribution in [3.05, 3.63) is 29.8 Å². The third kappa shape index (κ3) is 2.61. The van der Waals surface area contributed by atoms with Gasteiger partial charge in [-0.2, -0.15) is 13.2 Å². The van der Waals surface area contributed by atoms with Crippen LogP contribution in [0.1, 0.15) is 5.56 Å². The normalized spacial score (nSPS) is 12.7. The van der Waals surface area contributed by atoms with Crippen molar-refractivity contribution in [3.8, 4) is 5.75 Å². The molecule has 0 aliphatic rings. The number of nitrogens with zero attached hydrogens (tertiary/aromatic N) is 1. The van der Waals surface area contributed by atoms with Gasteiger partial charge in [-0.25, -0.2) is 0 Å². The van der Waals surface area contributed by atoms with E-state index in [-0.39, 0.29) is 11.3 Å². The van der Waals surface area contributed by atoms with E-state index in [2.05, 4.69) is 5.16 Å². The van der Waals surface area contributed by atoms with Gasteiger partial charge < -0.3 is 9.94 Å². The highest BCUT2D eigenvalue weighted by Crippen LogP contribution is 2.24. The molecule has 1 rings (SSSR count). The first-order valence-electron chi connectivity index (χ1n) is 3.92. The lowest BCUT2D eigenvalue weighted by Gasteiger charge is -2.09. The number of benzene rings is 1. The molecule has 1 aromatic rings. The van der Waals surface area contributed by atoms with Crippen LogP contribution in [0.15, 0.2) is 29.4 Å². The molecular formula is C9H8F3NO2. The zero-order chi connectivity index (χ0) is 11.5. The molecule has 82 valence electrons. The summed E-state index contributed by atoms with van der Waals surface area (Å²) in [5.74, 6) is 0.262. The number of alkyl halides is 3. The van der Waals surface area contributed by atoms with Crippen molar-refractivity contribution in [3.63, 3.8) is 0 Å². The lowest BCUT2D eigenvalue weighted by molar-refractivity contribution is -0.0601. The van der Waals surface area contributed by atoms with Gasteiger partial charge in [0.1, 0.15) is 5.75 Å². The predicted octanol–water partition coefficient (Wildman–Crippen LogP) is 2.44. The smallest absolute Gasteiger partial charge is 0.437 e. The van der Waals surface area contributed by atoms with Crippen LogP contribution in [0.3, 0.4) is 0 Å². The van der Waals surface area contributed by atoms with E-state index in [1.807, 2.05) is 0 Å². The van der Waals surface area contributed by atoms with Crippen molar-refractivity contribution >= 4 is 5.71 Å². The molecule has 0 radical (unpaired) electrons. The van der Waals surface area contributed by atoms with Gasteiger partial charge in [-0.05, 0) is 12.1 Å². The second kappa shape index (κ2) is 4.20. The second-order valence-electron chi connectivity index (χ2n) is 2.68. The number of rotatable bonds is 2. The van der Waals surface area contributed by atoms with Crippen LogP contribution in [0.5, 0.6) is 5.75 Å². The molecule has 0 heterocycles. The molecule has 3 nitrogen and oxygen atoms in total. The van der Waals surface area contributed by atoms with E-state index in [0.29, 0.717) is 0 Å². The Kier molecular flexibility index (Phi) is 3.18. The standard InChI is InChI=1S/C9H8F3NO2/c1-15-7-4-2-3-6(5-7)8(13-14)9(10,11)12/h2-5,14H,1H3/b13-8+. The molecule has 0 amide bonds. The van der Waals surface area contributed by atoms with E-state index in [0.717, 1.165) is 6.07 Å². The Labute approximate surface area is 83.8 Å². The Morgan fingerprint density at radius 2 is 2.07 bits per heavy atom. The maximum atomic E-state index is 12.3. The zero-order valence-electron chi connectivity index (χ0n) is 7.75. The Morgan fingerprint density at radius 1 is 1.40 bits per heavy atom. The molecule has 0 unspecified atom stereocenters. The molecule has 0 fully saturated rings. The van der Waals surface area contributed by atoms with E-state index in [9.17, 15) is 13.2 Å². The summed E-state index contributed by atoms with van der Waals surface area (Å²) >= 11 is 0. The molecule has 0 aliphatic heterocycles. The fourth-order valence-corrected chi connectivity index (χ4v) is 1.05. The SMILES string of the molecule is COc1cccc(/C(=N\O)C(F)(F)F)c1. The van der Waals surface area contributed by atoms with Gasteiger partial charge in [0.05, 0.1) is 7.11 Å². The van der Waals surface area contributed by atoms with Crippen LogP contribution >= 0.6 is 0 Å². The molecule has 0 saturated carbocycles. The topological polar surface area (TPSA) is 41.8 Å². The molecule has 1 N–H and O–H groups in total. The molecular weight excluding hydrogens is 211 g/mol. The van der Waals surface area contributed by atoms with Crippen LogP contribution in [0.25, 0.3) is 0 Å². The summed E-state index contributed by atoms with van der Waals surface area (Å²) in [7, 11) is 1.34. The van der Waals surface area contributed by atoms with Gasteiger partial charge in [-0.1, -0.05) is 17.3 Å². The molecule has 0 atom stereocenters. The van der Waals surface area contributed by atoms with Crippen molar-refractivity contribution in [2.24, 2.45) is 5.16 Å². The third-order valence-corrected chi connectivity index (χ3v) is 1.71. The number of hydrogen-bond acceptors (Lipinski definition) is 3. The third-order valence-electron chi connectivity index (χ3n) is 1.71. The van der Waals surface area contributed by atoms with E-state index >= 15 is 0 Å². The van der Waals surface area contributed by atoms with E-state index in [1.54, 1.807) is 0 Å². The van der Waals surface area contributed by atoms with E-state index < -0.39 is 11.9 Å². The highest BCUT2D eigenvalue weighted by atomic mass is 19.4. The first kappa shape index (κ1) is 11.4. The average Bonchev–Trinajstić information content (AvgIpc) is 2.17. The number of ether oxygens (including phenoxy) is 1. The number of hydrogen-bond donors (Lipinski definition) is 1. The van der Waals surface area contributed by atoms with Gasteiger partial charge in [0.25, 0.3) is 0 Å². The maximum Gasteiger partial charge on any atom is 0.437 e. The van der Waals surface area contributed by atoms with Crippen molar-refractivity contribution in [1.82, 2.24) is 0 Å². The Hall–Kier alpha value is -1.72. The largest absolute Gasteiger partial charge is 0.497 e. The van der Waals surface area contributed by atoms with Crippen LogP contribution in [0.2, 0.25) is 0 Å². The molecule has 15 heavy (non-hydrogen) atoms. The molecule has 1 aromatic carbocycles. The number of halogens is 3. The highest BCUT2D eigenvalue weighted by Gasteiger charge is 2.37. The molecule has 6 heteroatoms. The highest BCUT2D eigenvalue weighted by molar-refractivity contribution is 6.04. The van der Waals surface area contributed by atoms with Crippen molar-refractivity contribution in [2.75, 3.05) is 7.11 Å². The summed E-state index contributed by atoms with van der Waals surface area (Å²) in [5.41, 5.74) is -1.59. The molecule has 0 spiro atoms. The summed E-state index contributed by atoms with van der Waals surface area (Å²) < 4.78 is 41.7. The quantitative estimate of drug-likeness (QED) is 0.471. The molecule has 0 saturated heterocycles. The molecule has 0 bridgehead atoms. The van der Waals surface area contributed by atoms with Crippen LogP contribution in [-0.4, -0.2) is 24.2 Å². The van der Waals surface area contributed by atoms with Gasteiger partial charge in [-0.3, -0.25) is 0 Å². The number of methoxy groups -OCH3 is 1. The fourth-order valence-electron chi connectivity index (χ4n) is 1.05. The lowest BCUT2D eigenvalue weighted by atomic mass is 10.1. The van der Waals surface area contributed by atoms with E-state index in [4.69, 9.17) is 9.94 Å². The maximum absolute atomic E-state index is 12.3. The first-order chi connectivity index (χ1) is 6.99. The van der Waals surface area contributed by atoms with Crippen molar-refractivity contribution in [1.29, 1.82) is 0 Å². The van der Waals surface area contributed by atoms with Crippen LogP contribution in [0, 0.1) is 0 Å². The lowest BCUT2D eigenvalue weighted by Crippen LogP contribution is -2.24. The summed E-state index contributed by atoms with van der Waals surface area (Å²) in [5, 5.41) is 10.5. The minimum atomic E-state index is -4.69. The van der Waals surface area contributed by atoms with Crippen LogP contribution < -0.4 is 4.74 Å². The first-order valence-corrected chi connectivity index (χ1v) is 3.92. The monoisotopic (exact) mass is 219 g/mol. The van der Waals surface area contributed by atoms with E-state index in [1.165, 1.54) is 25.3 Å². The van der Waals surface area contributed by atoms with Gasteiger partial charge in [0.15, 0.2) is 5.71 Å². The Morgan fingerprint density at radius 3 is 2.53 bits per heavy atom. The molecule has 0 aromatic heterocycles. The Balaban J connectivity index is 3.14. The van der Waals surface area contributed by atoms with Gasteiger partial charge in [-0.15, -0.1) is 0 Å². The summed E-state index contributed by atoms with van der Waals surface area (Å²) in [4.78, 5) is 0. The predicted molar refractivity (Wildman–Crippen MR) is 47.4 cm³/mol. The summed E-state index contributed by atoms with van der Waals surface area (Å²) in [6, 6.07) is 5.20. The Bertz CT molecular complexity index is 374. The average molecular weight is 219 g/mol.